The van der Waals surface area contributed by atoms with Crippen LogP contribution in [-0.2, 0) is 4.79 Å². The number of nitro benzene ring substituents is 1. The first-order valence-corrected chi connectivity index (χ1v) is 4.69. The average Bonchev–Trinajstić information content (AvgIpc) is 2.20. The van der Waals surface area contributed by atoms with Gasteiger partial charge in [-0.25, -0.2) is 0 Å². The minimum atomic E-state index is -0.545. The standard InChI is InChI=1S/C9H9ClN2O3/c1-6-2-3-7(11-9(13)5-10)8(4-6)12(14)15/h2-4H,5H2,1H3,(H,11,13). The van der Waals surface area contributed by atoms with E-state index in [0.29, 0.717) is 0 Å². The molecule has 0 unspecified atom stereocenters. The Morgan fingerprint density at radius 2 is 2.27 bits per heavy atom. The van der Waals surface area contributed by atoms with E-state index in [4.69, 9.17) is 11.6 Å². The molecular weight excluding hydrogens is 220 g/mol. The number of nitrogens with one attached hydrogen (secondary N) is 1. The summed E-state index contributed by atoms with van der Waals surface area (Å²) in [5.74, 6) is -0.700. The number of halogens is 1. The van der Waals surface area contributed by atoms with E-state index in [1.807, 2.05) is 0 Å². The van der Waals surface area contributed by atoms with Gasteiger partial charge >= 0.3 is 0 Å². The molecule has 0 aliphatic carbocycles. The summed E-state index contributed by atoms with van der Waals surface area (Å²) in [4.78, 5) is 21.1. The summed E-state index contributed by atoms with van der Waals surface area (Å²) < 4.78 is 0. The number of carbonyl (C=O) groups is 1. The highest BCUT2D eigenvalue weighted by atomic mass is 35.5. The lowest BCUT2D eigenvalue weighted by atomic mass is 10.2. The molecule has 0 radical (unpaired) electrons. The van der Waals surface area contributed by atoms with E-state index in [0.717, 1.165) is 5.56 Å². The van der Waals surface area contributed by atoms with E-state index in [2.05, 4.69) is 5.32 Å². The summed E-state index contributed by atoms with van der Waals surface area (Å²) in [6.07, 6.45) is 0. The number of aryl methyl sites for hydroxylation is 1. The molecule has 0 atom stereocenters. The molecule has 0 bridgehead atoms. The van der Waals surface area contributed by atoms with E-state index in [-0.39, 0.29) is 17.3 Å². The third-order valence-corrected chi connectivity index (χ3v) is 1.99. The van der Waals surface area contributed by atoms with Crippen molar-refractivity contribution in [3.8, 4) is 0 Å². The van der Waals surface area contributed by atoms with E-state index < -0.39 is 10.8 Å². The number of nitro groups is 1. The fourth-order valence-electron chi connectivity index (χ4n) is 1.08. The SMILES string of the molecule is Cc1ccc(NC(=O)CCl)c([N+](=O)[O-])c1. The lowest BCUT2D eigenvalue weighted by Gasteiger charge is -2.04. The van der Waals surface area contributed by atoms with E-state index in [9.17, 15) is 14.9 Å². The highest BCUT2D eigenvalue weighted by Gasteiger charge is 2.15. The topological polar surface area (TPSA) is 72.2 Å². The largest absolute Gasteiger partial charge is 0.319 e. The molecule has 1 aromatic rings. The van der Waals surface area contributed by atoms with Crippen molar-refractivity contribution in [1.82, 2.24) is 0 Å². The van der Waals surface area contributed by atoms with E-state index in [1.54, 1.807) is 13.0 Å². The minimum Gasteiger partial charge on any atom is -0.319 e. The summed E-state index contributed by atoms with van der Waals surface area (Å²) in [6.45, 7) is 1.74. The van der Waals surface area contributed by atoms with Gasteiger partial charge in [0.2, 0.25) is 5.91 Å². The van der Waals surface area contributed by atoms with Gasteiger partial charge in [-0.2, -0.15) is 0 Å². The van der Waals surface area contributed by atoms with Crippen molar-refractivity contribution in [2.24, 2.45) is 0 Å². The second-order valence-electron chi connectivity index (χ2n) is 2.96. The van der Waals surface area contributed by atoms with Gasteiger partial charge in [0.25, 0.3) is 5.69 Å². The first-order chi connectivity index (χ1) is 7.04. The monoisotopic (exact) mass is 228 g/mol. The average molecular weight is 229 g/mol. The van der Waals surface area contributed by atoms with Crippen molar-refractivity contribution >= 4 is 28.9 Å². The van der Waals surface area contributed by atoms with Crippen LogP contribution in [0.15, 0.2) is 18.2 Å². The summed E-state index contributed by atoms with van der Waals surface area (Å²) in [5, 5.41) is 13.0. The summed E-state index contributed by atoms with van der Waals surface area (Å²) in [5.41, 5.74) is 0.787. The molecule has 1 aromatic carbocycles. The third kappa shape index (κ3) is 2.92. The Bertz CT molecular complexity index is 406. The second kappa shape index (κ2) is 4.75. The van der Waals surface area contributed by atoms with Crippen molar-refractivity contribution in [1.29, 1.82) is 0 Å². The molecule has 0 spiro atoms. The van der Waals surface area contributed by atoms with Crippen molar-refractivity contribution in [3.05, 3.63) is 33.9 Å². The highest BCUT2D eigenvalue weighted by molar-refractivity contribution is 6.29. The highest BCUT2D eigenvalue weighted by Crippen LogP contribution is 2.25. The number of anilines is 1. The molecule has 15 heavy (non-hydrogen) atoms. The van der Waals surface area contributed by atoms with Crippen LogP contribution in [0.1, 0.15) is 5.56 Å². The number of nitrogens with zero attached hydrogens (tertiary/aromatic N) is 1. The molecule has 5 nitrogen and oxygen atoms in total. The van der Waals surface area contributed by atoms with Gasteiger partial charge in [0.15, 0.2) is 0 Å². The lowest BCUT2D eigenvalue weighted by molar-refractivity contribution is -0.384. The number of alkyl halides is 1. The van der Waals surface area contributed by atoms with Crippen LogP contribution < -0.4 is 5.32 Å². The maximum atomic E-state index is 11.0. The predicted octanol–water partition coefficient (Wildman–Crippen LogP) is 2.08. The number of amides is 1. The van der Waals surface area contributed by atoms with Gasteiger partial charge < -0.3 is 5.32 Å². The number of benzene rings is 1. The quantitative estimate of drug-likeness (QED) is 0.489. The number of carbonyl (C=O) groups excluding carboxylic acids is 1. The summed E-state index contributed by atoms with van der Waals surface area (Å²) in [7, 11) is 0. The van der Waals surface area contributed by atoms with Gasteiger partial charge in [-0.1, -0.05) is 6.07 Å². The third-order valence-electron chi connectivity index (χ3n) is 1.75. The number of hydrogen-bond donors (Lipinski definition) is 1. The molecule has 0 saturated carbocycles. The molecule has 0 aliphatic heterocycles. The number of hydrogen-bond acceptors (Lipinski definition) is 3. The maximum absolute atomic E-state index is 11.0. The predicted molar refractivity (Wildman–Crippen MR) is 57.2 cm³/mol. The molecule has 0 saturated heterocycles. The van der Waals surface area contributed by atoms with E-state index in [1.165, 1.54) is 12.1 Å². The molecular formula is C9H9ClN2O3. The van der Waals surface area contributed by atoms with Crippen LogP contribution >= 0.6 is 11.6 Å². The molecule has 1 N–H and O–H groups in total. The molecule has 1 rings (SSSR count). The van der Waals surface area contributed by atoms with Crippen LogP contribution in [0.25, 0.3) is 0 Å². The Labute approximate surface area is 91.2 Å². The van der Waals surface area contributed by atoms with Gasteiger partial charge in [0.05, 0.1) is 4.92 Å². The Balaban J connectivity index is 3.06. The van der Waals surface area contributed by atoms with Crippen LogP contribution in [-0.4, -0.2) is 16.7 Å². The second-order valence-corrected chi connectivity index (χ2v) is 3.23. The Morgan fingerprint density at radius 1 is 1.60 bits per heavy atom. The van der Waals surface area contributed by atoms with Gasteiger partial charge in [-0.05, 0) is 18.6 Å². The van der Waals surface area contributed by atoms with Crippen LogP contribution in [0, 0.1) is 17.0 Å². The fraction of sp³-hybridized carbons (Fsp3) is 0.222. The van der Waals surface area contributed by atoms with Gasteiger partial charge in [-0.15, -0.1) is 11.6 Å². The molecule has 0 aromatic heterocycles. The Kier molecular flexibility index (Phi) is 3.62. The fourth-order valence-corrected chi connectivity index (χ4v) is 1.15. The van der Waals surface area contributed by atoms with Gasteiger partial charge in [-0.3, -0.25) is 14.9 Å². The molecule has 0 heterocycles. The van der Waals surface area contributed by atoms with Crippen LogP contribution in [0.3, 0.4) is 0 Å². The zero-order valence-electron chi connectivity index (χ0n) is 7.99. The molecule has 0 aliphatic rings. The maximum Gasteiger partial charge on any atom is 0.293 e. The normalized spacial score (nSPS) is 9.73. The first kappa shape index (κ1) is 11.5. The van der Waals surface area contributed by atoms with Crippen molar-refractivity contribution in [2.45, 2.75) is 6.92 Å². The van der Waals surface area contributed by atoms with Gasteiger partial charge in [0.1, 0.15) is 11.6 Å². The summed E-state index contributed by atoms with van der Waals surface area (Å²) >= 11 is 5.28. The lowest BCUT2D eigenvalue weighted by Crippen LogP contribution is -2.13. The van der Waals surface area contributed by atoms with Crippen LogP contribution in [0.5, 0.6) is 0 Å². The van der Waals surface area contributed by atoms with E-state index >= 15 is 0 Å². The van der Waals surface area contributed by atoms with Crippen LogP contribution in [0.2, 0.25) is 0 Å². The molecule has 80 valence electrons. The molecule has 0 fully saturated rings. The molecule has 1 amide bonds. The van der Waals surface area contributed by atoms with Crippen molar-refractivity contribution in [2.75, 3.05) is 11.2 Å². The smallest absolute Gasteiger partial charge is 0.293 e. The van der Waals surface area contributed by atoms with Crippen molar-refractivity contribution < 1.29 is 9.72 Å². The van der Waals surface area contributed by atoms with Crippen LogP contribution in [0.4, 0.5) is 11.4 Å². The Morgan fingerprint density at radius 3 is 2.80 bits per heavy atom. The Hall–Kier alpha value is -1.62. The zero-order valence-corrected chi connectivity index (χ0v) is 8.75. The minimum absolute atomic E-state index is 0.131. The summed E-state index contributed by atoms with van der Waals surface area (Å²) in [6, 6.07) is 4.55. The van der Waals surface area contributed by atoms with Gasteiger partial charge in [0, 0.05) is 6.07 Å². The molecule has 6 heteroatoms. The first-order valence-electron chi connectivity index (χ1n) is 4.15. The number of rotatable bonds is 3. The zero-order chi connectivity index (χ0) is 11.4. The van der Waals surface area contributed by atoms with Crippen molar-refractivity contribution in [3.63, 3.8) is 0 Å².